The number of carbonyl (C=O) groups is 2. The van der Waals surface area contributed by atoms with E-state index in [9.17, 15) is 9.59 Å². The predicted molar refractivity (Wildman–Crippen MR) is 97.1 cm³/mol. The summed E-state index contributed by atoms with van der Waals surface area (Å²) in [6.07, 6.45) is 0. The Labute approximate surface area is 149 Å². The van der Waals surface area contributed by atoms with Gasteiger partial charge in [0.15, 0.2) is 10.1 Å². The van der Waals surface area contributed by atoms with Gasteiger partial charge in [-0.15, -0.1) is 0 Å². The molecule has 0 aliphatic carbocycles. The summed E-state index contributed by atoms with van der Waals surface area (Å²) in [4.78, 5) is 26.3. The van der Waals surface area contributed by atoms with E-state index in [-0.39, 0.29) is 11.7 Å². The molecule has 2 aromatic carbocycles. The summed E-state index contributed by atoms with van der Waals surface area (Å²) in [5.74, 6) is -0.550. The molecule has 0 heterocycles. The van der Waals surface area contributed by atoms with Gasteiger partial charge >= 0.3 is 0 Å². The Balaban J connectivity index is 2.41. The van der Waals surface area contributed by atoms with Gasteiger partial charge in [-0.1, -0.05) is 57.9 Å². The van der Waals surface area contributed by atoms with E-state index in [2.05, 4.69) is 15.9 Å². The van der Waals surface area contributed by atoms with Gasteiger partial charge in [0.25, 0.3) is 5.91 Å². The second-order valence-electron chi connectivity index (χ2n) is 5.41. The van der Waals surface area contributed by atoms with Crippen LogP contribution in [0.4, 0.5) is 5.69 Å². The quantitative estimate of drug-likeness (QED) is 0.548. The number of Topliss-reactive ketones (excluding diaryl/α,β-unsaturated/α-hetero) is 1. The molecule has 2 aromatic rings. The van der Waals surface area contributed by atoms with Gasteiger partial charge in [0.1, 0.15) is 0 Å². The zero-order chi connectivity index (χ0) is 17.0. The third-order valence-electron chi connectivity index (χ3n) is 3.63. The Kier molecular flexibility index (Phi) is 5.60. The average molecular weight is 395 g/mol. The van der Waals surface area contributed by atoms with Crippen LogP contribution < -0.4 is 4.90 Å². The van der Waals surface area contributed by atoms with E-state index in [4.69, 9.17) is 11.6 Å². The summed E-state index contributed by atoms with van der Waals surface area (Å²) in [7, 11) is 0. The standard InChI is InChI=1S/C18H17BrClNO2/c1-13(22)18(2,19)17(23)21(12-14-6-4-3-5-7-14)16-10-8-15(20)9-11-16/h3-11H,12H2,1-2H3. The highest BCUT2D eigenvalue weighted by Crippen LogP contribution is 2.28. The van der Waals surface area contributed by atoms with E-state index >= 15 is 0 Å². The summed E-state index contributed by atoms with van der Waals surface area (Å²) in [5.41, 5.74) is 1.66. The summed E-state index contributed by atoms with van der Waals surface area (Å²) in [6.45, 7) is 3.34. The molecule has 0 radical (unpaired) electrons. The number of nitrogens with zero attached hydrogens (tertiary/aromatic N) is 1. The molecule has 0 aliphatic rings. The Morgan fingerprint density at radius 3 is 2.17 bits per heavy atom. The maximum Gasteiger partial charge on any atom is 0.251 e. The first-order valence-corrected chi connectivity index (χ1v) is 8.31. The highest BCUT2D eigenvalue weighted by atomic mass is 79.9. The molecule has 0 N–H and O–H groups in total. The Morgan fingerprint density at radius 2 is 1.65 bits per heavy atom. The van der Waals surface area contributed by atoms with E-state index in [1.54, 1.807) is 36.1 Å². The fourth-order valence-electron chi connectivity index (χ4n) is 2.07. The first-order valence-electron chi connectivity index (χ1n) is 7.14. The van der Waals surface area contributed by atoms with Crippen LogP contribution in [0, 0.1) is 0 Å². The smallest absolute Gasteiger partial charge is 0.251 e. The number of hydrogen-bond donors (Lipinski definition) is 0. The van der Waals surface area contributed by atoms with Crippen molar-refractivity contribution >= 4 is 44.9 Å². The molecule has 5 heteroatoms. The van der Waals surface area contributed by atoms with Crippen LogP contribution in [0.15, 0.2) is 54.6 Å². The van der Waals surface area contributed by atoms with Crippen LogP contribution in [0.5, 0.6) is 0 Å². The normalized spacial score (nSPS) is 13.2. The van der Waals surface area contributed by atoms with Crippen molar-refractivity contribution in [2.24, 2.45) is 0 Å². The van der Waals surface area contributed by atoms with Gasteiger partial charge in [-0.2, -0.15) is 0 Å². The van der Waals surface area contributed by atoms with Crippen molar-refractivity contribution in [3.05, 3.63) is 65.2 Å². The van der Waals surface area contributed by atoms with Crippen LogP contribution in [-0.4, -0.2) is 16.0 Å². The van der Waals surface area contributed by atoms with E-state index in [0.717, 1.165) is 5.56 Å². The lowest BCUT2D eigenvalue weighted by atomic mass is 10.0. The fourth-order valence-corrected chi connectivity index (χ4v) is 2.41. The van der Waals surface area contributed by atoms with Gasteiger partial charge in [-0.05, 0) is 43.7 Å². The molecule has 0 saturated heterocycles. The summed E-state index contributed by atoms with van der Waals surface area (Å²) in [5, 5.41) is 0.592. The predicted octanol–water partition coefficient (Wildman–Crippen LogP) is 4.62. The topological polar surface area (TPSA) is 37.4 Å². The monoisotopic (exact) mass is 393 g/mol. The van der Waals surface area contributed by atoms with Crippen LogP contribution in [0.25, 0.3) is 0 Å². The van der Waals surface area contributed by atoms with Crippen LogP contribution in [0.2, 0.25) is 5.02 Å². The fraction of sp³-hybridized carbons (Fsp3) is 0.222. The molecule has 0 spiro atoms. The van der Waals surface area contributed by atoms with Crippen LogP contribution in [-0.2, 0) is 16.1 Å². The van der Waals surface area contributed by atoms with Gasteiger partial charge < -0.3 is 4.90 Å². The zero-order valence-corrected chi connectivity index (χ0v) is 15.3. The molecule has 0 saturated carbocycles. The Morgan fingerprint density at radius 1 is 1.09 bits per heavy atom. The molecule has 120 valence electrons. The molecule has 1 atom stereocenters. The second-order valence-corrected chi connectivity index (χ2v) is 7.43. The lowest BCUT2D eigenvalue weighted by Crippen LogP contribution is -2.47. The maximum atomic E-state index is 12.9. The van der Waals surface area contributed by atoms with Crippen molar-refractivity contribution in [1.29, 1.82) is 0 Å². The van der Waals surface area contributed by atoms with Crippen LogP contribution >= 0.6 is 27.5 Å². The third kappa shape index (κ3) is 4.21. The molecule has 2 rings (SSSR count). The number of ketones is 1. The van der Waals surface area contributed by atoms with Crippen molar-refractivity contribution in [1.82, 2.24) is 0 Å². The van der Waals surface area contributed by atoms with E-state index in [1.807, 2.05) is 30.3 Å². The van der Waals surface area contributed by atoms with Crippen molar-refractivity contribution in [3.8, 4) is 0 Å². The maximum absolute atomic E-state index is 12.9. The van der Waals surface area contributed by atoms with E-state index in [0.29, 0.717) is 17.3 Å². The molecule has 1 unspecified atom stereocenters. The first-order chi connectivity index (χ1) is 10.8. The molecular formula is C18H17BrClNO2. The van der Waals surface area contributed by atoms with Crippen molar-refractivity contribution in [2.45, 2.75) is 24.7 Å². The first kappa shape index (κ1) is 17.7. The largest absolute Gasteiger partial charge is 0.306 e. The number of halogens is 2. The number of anilines is 1. The number of hydrogen-bond acceptors (Lipinski definition) is 2. The molecule has 3 nitrogen and oxygen atoms in total. The van der Waals surface area contributed by atoms with Crippen LogP contribution in [0.3, 0.4) is 0 Å². The van der Waals surface area contributed by atoms with Gasteiger partial charge in [0.2, 0.25) is 0 Å². The van der Waals surface area contributed by atoms with Gasteiger partial charge in [-0.3, -0.25) is 9.59 Å². The minimum atomic E-state index is -1.26. The van der Waals surface area contributed by atoms with Gasteiger partial charge in [-0.25, -0.2) is 0 Å². The number of amides is 1. The molecule has 0 bridgehead atoms. The molecule has 0 aromatic heterocycles. The third-order valence-corrected chi connectivity index (χ3v) is 4.78. The minimum absolute atomic E-state index is 0.241. The molecule has 23 heavy (non-hydrogen) atoms. The zero-order valence-electron chi connectivity index (χ0n) is 12.9. The Bertz CT molecular complexity index is 699. The highest BCUT2D eigenvalue weighted by molar-refractivity contribution is 9.10. The minimum Gasteiger partial charge on any atom is -0.306 e. The molecule has 0 fully saturated rings. The molecular weight excluding hydrogens is 378 g/mol. The number of rotatable bonds is 5. The Hall–Kier alpha value is -1.65. The van der Waals surface area contributed by atoms with E-state index < -0.39 is 4.32 Å². The lowest BCUT2D eigenvalue weighted by Gasteiger charge is -2.29. The number of carbonyl (C=O) groups excluding carboxylic acids is 2. The van der Waals surface area contributed by atoms with Gasteiger partial charge in [0.05, 0.1) is 6.54 Å². The lowest BCUT2D eigenvalue weighted by molar-refractivity contribution is -0.128. The highest BCUT2D eigenvalue weighted by Gasteiger charge is 2.39. The van der Waals surface area contributed by atoms with Crippen LogP contribution in [0.1, 0.15) is 19.4 Å². The second kappa shape index (κ2) is 7.28. The SMILES string of the molecule is CC(=O)C(C)(Br)C(=O)N(Cc1ccccc1)c1ccc(Cl)cc1. The van der Waals surface area contributed by atoms with Crippen molar-refractivity contribution in [3.63, 3.8) is 0 Å². The van der Waals surface area contributed by atoms with Crippen molar-refractivity contribution < 1.29 is 9.59 Å². The number of alkyl halides is 1. The number of benzene rings is 2. The molecule has 1 amide bonds. The summed E-state index contributed by atoms with van der Waals surface area (Å²) in [6, 6.07) is 16.6. The summed E-state index contributed by atoms with van der Waals surface area (Å²) < 4.78 is -1.26. The van der Waals surface area contributed by atoms with Gasteiger partial charge in [0, 0.05) is 10.7 Å². The summed E-state index contributed by atoms with van der Waals surface area (Å²) >= 11 is 9.20. The van der Waals surface area contributed by atoms with E-state index in [1.165, 1.54) is 6.92 Å². The average Bonchev–Trinajstić information content (AvgIpc) is 2.53. The van der Waals surface area contributed by atoms with Crippen molar-refractivity contribution in [2.75, 3.05) is 4.90 Å². The molecule has 0 aliphatic heterocycles.